The number of rotatable bonds is 8. The number of hydrogen-bond acceptors (Lipinski definition) is 3. The Bertz CT molecular complexity index is 801. The van der Waals surface area contributed by atoms with Gasteiger partial charge in [0.2, 0.25) is 5.91 Å². The zero-order valence-electron chi connectivity index (χ0n) is 15.5. The molecule has 2 aromatic carbocycles. The fourth-order valence-electron chi connectivity index (χ4n) is 2.39. The molecular weight excluding hydrogens is 406 g/mol. The van der Waals surface area contributed by atoms with Gasteiger partial charge in [-0.1, -0.05) is 50.2 Å². The van der Waals surface area contributed by atoms with Crippen LogP contribution in [-0.2, 0) is 4.79 Å². The first-order chi connectivity index (χ1) is 13.0. The van der Waals surface area contributed by atoms with Gasteiger partial charge in [-0.3, -0.25) is 9.59 Å². The molecule has 0 unspecified atom stereocenters. The third-order valence-electron chi connectivity index (χ3n) is 3.99. The highest BCUT2D eigenvalue weighted by Crippen LogP contribution is 2.15. The SMILES string of the molecule is CC(C)c1ccc(/C=N/NC(=O)CCCNC(=O)c2ccccc2Br)cc1. The van der Waals surface area contributed by atoms with E-state index in [0.29, 0.717) is 30.9 Å². The minimum atomic E-state index is -0.180. The average Bonchev–Trinajstić information content (AvgIpc) is 2.66. The number of benzene rings is 2. The van der Waals surface area contributed by atoms with Gasteiger partial charge in [-0.25, -0.2) is 5.43 Å². The van der Waals surface area contributed by atoms with Gasteiger partial charge in [0.15, 0.2) is 0 Å². The molecule has 0 aliphatic heterocycles. The molecule has 0 aromatic heterocycles. The lowest BCUT2D eigenvalue weighted by atomic mass is 10.0. The Balaban J connectivity index is 1.67. The molecule has 2 amide bonds. The lowest BCUT2D eigenvalue weighted by Crippen LogP contribution is -2.26. The lowest BCUT2D eigenvalue weighted by molar-refractivity contribution is -0.121. The Morgan fingerprint density at radius 1 is 1.11 bits per heavy atom. The highest BCUT2D eigenvalue weighted by molar-refractivity contribution is 9.10. The molecule has 0 atom stereocenters. The van der Waals surface area contributed by atoms with Crippen molar-refractivity contribution in [1.82, 2.24) is 10.7 Å². The molecule has 142 valence electrons. The first kappa shape index (κ1) is 20.8. The van der Waals surface area contributed by atoms with Crippen molar-refractivity contribution in [3.8, 4) is 0 Å². The molecule has 5 nitrogen and oxygen atoms in total. The van der Waals surface area contributed by atoms with E-state index in [0.717, 1.165) is 10.0 Å². The van der Waals surface area contributed by atoms with Gasteiger partial charge >= 0.3 is 0 Å². The van der Waals surface area contributed by atoms with Crippen LogP contribution < -0.4 is 10.7 Å². The quantitative estimate of drug-likeness (QED) is 0.374. The standard InChI is InChI=1S/C21H24BrN3O2/c1-15(2)17-11-9-16(10-12-17)14-24-25-20(26)8-5-13-23-21(27)18-6-3-4-7-19(18)22/h3-4,6-7,9-12,14-15H,5,8,13H2,1-2H3,(H,23,27)(H,25,26)/b24-14+. The molecule has 0 radical (unpaired) electrons. The van der Waals surface area contributed by atoms with Crippen molar-refractivity contribution < 1.29 is 9.59 Å². The predicted octanol–water partition coefficient (Wildman–Crippen LogP) is 4.23. The number of nitrogens with zero attached hydrogens (tertiary/aromatic N) is 1. The molecule has 2 N–H and O–H groups in total. The third kappa shape index (κ3) is 6.98. The van der Waals surface area contributed by atoms with Crippen LogP contribution in [0.4, 0.5) is 0 Å². The van der Waals surface area contributed by atoms with E-state index in [2.05, 4.69) is 57.8 Å². The minimum absolute atomic E-state index is 0.161. The van der Waals surface area contributed by atoms with Gasteiger partial charge in [0.05, 0.1) is 11.8 Å². The monoisotopic (exact) mass is 429 g/mol. The van der Waals surface area contributed by atoms with E-state index in [4.69, 9.17) is 0 Å². The third-order valence-corrected chi connectivity index (χ3v) is 4.68. The van der Waals surface area contributed by atoms with E-state index in [1.165, 1.54) is 5.56 Å². The smallest absolute Gasteiger partial charge is 0.252 e. The molecule has 0 aliphatic rings. The number of nitrogens with one attached hydrogen (secondary N) is 2. The highest BCUT2D eigenvalue weighted by atomic mass is 79.9. The fourth-order valence-corrected chi connectivity index (χ4v) is 2.86. The van der Waals surface area contributed by atoms with E-state index in [-0.39, 0.29) is 11.8 Å². The Morgan fingerprint density at radius 3 is 2.48 bits per heavy atom. The van der Waals surface area contributed by atoms with Gasteiger partial charge in [0.25, 0.3) is 5.91 Å². The van der Waals surface area contributed by atoms with Gasteiger partial charge in [-0.05, 0) is 51.5 Å². The number of hydrogen-bond donors (Lipinski definition) is 2. The average molecular weight is 430 g/mol. The highest BCUT2D eigenvalue weighted by Gasteiger charge is 2.08. The van der Waals surface area contributed by atoms with Crippen LogP contribution in [0.1, 0.15) is 54.1 Å². The van der Waals surface area contributed by atoms with Crippen molar-refractivity contribution in [3.05, 3.63) is 69.7 Å². The molecule has 0 bridgehead atoms. The largest absolute Gasteiger partial charge is 0.352 e. The molecule has 0 aliphatic carbocycles. The summed E-state index contributed by atoms with van der Waals surface area (Å²) in [6.45, 7) is 4.71. The van der Waals surface area contributed by atoms with Gasteiger partial charge in [0, 0.05) is 17.4 Å². The molecule has 0 saturated heterocycles. The summed E-state index contributed by atoms with van der Waals surface area (Å²) in [4.78, 5) is 23.8. The fraction of sp³-hybridized carbons (Fsp3) is 0.286. The summed E-state index contributed by atoms with van der Waals surface area (Å²) in [5.41, 5.74) is 5.28. The van der Waals surface area contributed by atoms with E-state index < -0.39 is 0 Å². The summed E-state index contributed by atoms with van der Waals surface area (Å²) < 4.78 is 0.746. The molecule has 0 fully saturated rings. The van der Waals surface area contributed by atoms with Crippen LogP contribution in [0.2, 0.25) is 0 Å². The maximum atomic E-state index is 12.0. The lowest BCUT2D eigenvalue weighted by Gasteiger charge is -2.06. The molecule has 2 aromatic rings. The molecule has 27 heavy (non-hydrogen) atoms. The molecule has 6 heteroatoms. The molecule has 0 heterocycles. The maximum Gasteiger partial charge on any atom is 0.252 e. The molecule has 2 rings (SSSR count). The van der Waals surface area contributed by atoms with Gasteiger partial charge in [-0.15, -0.1) is 0 Å². The Hall–Kier alpha value is -2.47. The van der Waals surface area contributed by atoms with Crippen LogP contribution in [0.5, 0.6) is 0 Å². The van der Waals surface area contributed by atoms with Crippen LogP contribution in [0, 0.1) is 0 Å². The van der Waals surface area contributed by atoms with Crippen LogP contribution in [0.15, 0.2) is 58.1 Å². The minimum Gasteiger partial charge on any atom is -0.352 e. The molecular formula is C21H24BrN3O2. The van der Waals surface area contributed by atoms with Crippen molar-refractivity contribution >= 4 is 34.0 Å². The van der Waals surface area contributed by atoms with Crippen LogP contribution in [0.25, 0.3) is 0 Å². The van der Waals surface area contributed by atoms with Crippen LogP contribution in [-0.4, -0.2) is 24.6 Å². The number of carbonyl (C=O) groups is 2. The first-order valence-electron chi connectivity index (χ1n) is 8.92. The number of carbonyl (C=O) groups excluding carboxylic acids is 2. The van der Waals surface area contributed by atoms with Crippen LogP contribution >= 0.6 is 15.9 Å². The first-order valence-corrected chi connectivity index (χ1v) is 9.71. The summed E-state index contributed by atoms with van der Waals surface area (Å²) in [7, 11) is 0. The summed E-state index contributed by atoms with van der Waals surface area (Å²) >= 11 is 3.35. The Kier molecular flexibility index (Phi) is 8.20. The molecule has 0 spiro atoms. The van der Waals surface area contributed by atoms with Crippen molar-refractivity contribution in [1.29, 1.82) is 0 Å². The second kappa shape index (κ2) is 10.6. The molecule has 0 saturated carbocycles. The van der Waals surface area contributed by atoms with E-state index >= 15 is 0 Å². The normalized spacial score (nSPS) is 11.0. The zero-order chi connectivity index (χ0) is 19.6. The van der Waals surface area contributed by atoms with Gasteiger partial charge < -0.3 is 5.32 Å². The Labute approximate surface area is 168 Å². The van der Waals surface area contributed by atoms with Gasteiger partial charge in [0.1, 0.15) is 0 Å². The predicted molar refractivity (Wildman–Crippen MR) is 112 cm³/mol. The number of hydrazone groups is 1. The maximum absolute atomic E-state index is 12.0. The van der Waals surface area contributed by atoms with Crippen LogP contribution in [0.3, 0.4) is 0 Å². The van der Waals surface area contributed by atoms with Crippen molar-refractivity contribution in [3.63, 3.8) is 0 Å². The second-order valence-corrected chi connectivity index (χ2v) is 7.31. The van der Waals surface area contributed by atoms with Crippen molar-refractivity contribution in [2.24, 2.45) is 5.10 Å². The summed E-state index contributed by atoms with van der Waals surface area (Å²) in [6.07, 6.45) is 2.46. The number of amides is 2. The summed E-state index contributed by atoms with van der Waals surface area (Å²) in [5.74, 6) is 0.144. The van der Waals surface area contributed by atoms with E-state index in [9.17, 15) is 9.59 Å². The van der Waals surface area contributed by atoms with Gasteiger partial charge in [-0.2, -0.15) is 5.10 Å². The van der Waals surface area contributed by atoms with Crippen molar-refractivity contribution in [2.75, 3.05) is 6.54 Å². The van der Waals surface area contributed by atoms with Crippen molar-refractivity contribution in [2.45, 2.75) is 32.6 Å². The van der Waals surface area contributed by atoms with E-state index in [1.54, 1.807) is 12.3 Å². The second-order valence-electron chi connectivity index (χ2n) is 6.45. The Morgan fingerprint density at radius 2 is 1.81 bits per heavy atom. The number of halogens is 1. The topological polar surface area (TPSA) is 70.6 Å². The zero-order valence-corrected chi connectivity index (χ0v) is 17.1. The van der Waals surface area contributed by atoms with E-state index in [1.807, 2.05) is 30.3 Å². The summed E-state index contributed by atoms with van der Waals surface area (Å²) in [6, 6.07) is 15.3. The summed E-state index contributed by atoms with van der Waals surface area (Å²) in [5, 5.41) is 6.78.